The van der Waals surface area contributed by atoms with E-state index in [1.165, 1.54) is 28.7 Å². The topological polar surface area (TPSA) is 164 Å². The van der Waals surface area contributed by atoms with Gasteiger partial charge in [0.15, 0.2) is 0 Å². The number of hydrogen-bond acceptors (Lipinski definition) is 12. The fourth-order valence-electron chi connectivity index (χ4n) is 7.79. The first-order valence-electron chi connectivity index (χ1n) is 17.5. The first-order chi connectivity index (χ1) is 25.1. The van der Waals surface area contributed by atoms with E-state index in [9.17, 15) is 29.7 Å². The van der Waals surface area contributed by atoms with E-state index < -0.39 is 17.7 Å². The van der Waals surface area contributed by atoms with E-state index in [-0.39, 0.29) is 47.1 Å². The number of carbonyl (C=O) groups is 2. The van der Waals surface area contributed by atoms with Gasteiger partial charge in [-0.2, -0.15) is 0 Å². The highest BCUT2D eigenvalue weighted by molar-refractivity contribution is 7.16. The highest BCUT2D eigenvalue weighted by Gasteiger charge is 2.54. The molecule has 5 atom stereocenters. The summed E-state index contributed by atoms with van der Waals surface area (Å²) in [6, 6.07) is 18.0. The molecule has 3 aromatic heterocycles. The third-order valence-corrected chi connectivity index (χ3v) is 13.4. The molecule has 0 radical (unpaired) electrons. The van der Waals surface area contributed by atoms with Crippen LogP contribution in [0.4, 0.5) is 0 Å². The fourth-order valence-corrected chi connectivity index (χ4v) is 10.4. The minimum absolute atomic E-state index is 0.0299. The summed E-state index contributed by atoms with van der Waals surface area (Å²) < 4.78 is 6.72. The third kappa shape index (κ3) is 7.33. The Balaban J connectivity index is 0.872. The number of phenols is 1. The standard InChI is InChI=1S/C38H42N4O7S3/c1-42(27-20-23-9-10-25(27)33(23)49-36(46)38(48,30-7-3-17-50-30)31-8-4-18-51-31)16-15-40-35(45)24-6-2-5-22(19-24)13-14-39-21-29(44)26-11-12-28(43)32-34(26)52-37(47)41-32/h2-8,11-12,17-19,23,25,27,29,33,39,43-44,48H,9-10,13-16,20-21H2,1H3,(H,40,45)(H,41,47)/t23?,25?,27?,29-,33?/m0/s1. The van der Waals surface area contributed by atoms with Gasteiger partial charge in [-0.3, -0.25) is 9.59 Å². The van der Waals surface area contributed by atoms with Gasteiger partial charge in [0.2, 0.25) is 5.60 Å². The summed E-state index contributed by atoms with van der Waals surface area (Å²) in [5.41, 5.74) is 0.645. The second kappa shape index (κ2) is 15.6. The number of nitrogens with zero attached hydrogens (tertiary/aromatic N) is 1. The molecule has 274 valence electrons. The van der Waals surface area contributed by atoms with Crippen LogP contribution in [0, 0.1) is 11.8 Å². The van der Waals surface area contributed by atoms with Crippen molar-refractivity contribution in [2.75, 3.05) is 33.2 Å². The molecule has 0 saturated heterocycles. The molecule has 1 amide bonds. The Bertz CT molecular complexity index is 2030. The van der Waals surface area contributed by atoms with Crippen molar-refractivity contribution in [2.45, 2.75) is 49.5 Å². The lowest BCUT2D eigenvalue weighted by atomic mass is 9.94. The van der Waals surface area contributed by atoms with E-state index in [1.807, 2.05) is 41.1 Å². The van der Waals surface area contributed by atoms with Crippen molar-refractivity contribution in [2.24, 2.45) is 11.8 Å². The lowest BCUT2D eigenvalue weighted by Gasteiger charge is -2.32. The number of aromatic hydroxyl groups is 1. The maximum Gasteiger partial charge on any atom is 0.349 e. The van der Waals surface area contributed by atoms with Crippen LogP contribution < -0.4 is 15.5 Å². The SMILES string of the molecule is CN(CCNC(=O)c1cccc(CCNC[C@H](O)c2ccc(O)c3[nH]c(=O)sc23)c1)C1CC2CCC1C2OC(=O)C(O)(c1cccs1)c1cccs1. The first kappa shape index (κ1) is 36.5. The number of carbonyl (C=O) groups excluding carboxylic acids is 2. The van der Waals surface area contributed by atoms with E-state index in [1.54, 1.807) is 24.3 Å². The predicted octanol–water partition coefficient (Wildman–Crippen LogP) is 4.59. The Hall–Kier alpha value is -3.89. The Morgan fingerprint density at radius 1 is 1.06 bits per heavy atom. The van der Waals surface area contributed by atoms with Crippen LogP contribution in [0.5, 0.6) is 5.75 Å². The van der Waals surface area contributed by atoms with Gasteiger partial charge in [-0.1, -0.05) is 41.7 Å². The zero-order chi connectivity index (χ0) is 36.4. The lowest BCUT2D eigenvalue weighted by molar-refractivity contribution is -0.170. The molecule has 11 nitrogen and oxygen atoms in total. The van der Waals surface area contributed by atoms with E-state index in [4.69, 9.17) is 4.74 Å². The Morgan fingerprint density at radius 2 is 1.83 bits per heavy atom. The number of aromatic nitrogens is 1. The van der Waals surface area contributed by atoms with Crippen LogP contribution in [-0.2, 0) is 21.6 Å². The number of thiophene rings is 2. The smallest absolute Gasteiger partial charge is 0.349 e. The second-order valence-electron chi connectivity index (χ2n) is 13.6. The van der Waals surface area contributed by atoms with Crippen molar-refractivity contribution < 1.29 is 29.6 Å². The molecule has 0 spiro atoms. The van der Waals surface area contributed by atoms with Crippen LogP contribution in [0.1, 0.15) is 56.6 Å². The van der Waals surface area contributed by atoms with E-state index in [0.29, 0.717) is 57.2 Å². The molecule has 2 aliphatic carbocycles. The maximum atomic E-state index is 13.7. The Kier molecular flexibility index (Phi) is 10.9. The molecule has 0 aliphatic heterocycles. The average molecular weight is 763 g/mol. The van der Waals surface area contributed by atoms with E-state index >= 15 is 0 Å². The molecule has 2 aromatic carbocycles. The number of aromatic amines is 1. The molecule has 4 unspecified atom stereocenters. The number of rotatable bonds is 15. The van der Waals surface area contributed by atoms with Crippen molar-refractivity contribution in [3.05, 3.63) is 108 Å². The van der Waals surface area contributed by atoms with Crippen LogP contribution in [0.2, 0.25) is 0 Å². The van der Waals surface area contributed by atoms with Crippen molar-refractivity contribution in [1.29, 1.82) is 0 Å². The van der Waals surface area contributed by atoms with E-state index in [2.05, 4.69) is 27.6 Å². The van der Waals surface area contributed by atoms with Crippen LogP contribution in [0.3, 0.4) is 0 Å². The van der Waals surface area contributed by atoms with E-state index in [0.717, 1.165) is 36.2 Å². The number of esters is 1. The number of amides is 1. The van der Waals surface area contributed by atoms with Crippen LogP contribution in [0.15, 0.2) is 76.2 Å². The summed E-state index contributed by atoms with van der Waals surface area (Å²) in [7, 11) is 2.05. The lowest BCUT2D eigenvalue weighted by Crippen LogP contribution is -2.43. The number of H-pyrrole nitrogens is 1. The molecule has 2 aliphatic rings. The first-order valence-corrected chi connectivity index (χ1v) is 20.0. The fraction of sp³-hybridized carbons (Fsp3) is 0.395. The largest absolute Gasteiger partial charge is 0.506 e. The number of fused-ring (bicyclic) bond motifs is 3. The van der Waals surface area contributed by atoms with Gasteiger partial charge in [-0.25, -0.2) is 4.79 Å². The van der Waals surface area contributed by atoms with Crippen LogP contribution in [0.25, 0.3) is 10.2 Å². The summed E-state index contributed by atoms with van der Waals surface area (Å²) in [6.45, 7) is 1.94. The van der Waals surface area contributed by atoms with Gasteiger partial charge in [-0.05, 0) is 91.8 Å². The van der Waals surface area contributed by atoms with Crippen LogP contribution in [-0.4, -0.2) is 82.5 Å². The maximum absolute atomic E-state index is 13.7. The van der Waals surface area contributed by atoms with Gasteiger partial charge in [0.25, 0.3) is 5.91 Å². The summed E-state index contributed by atoms with van der Waals surface area (Å²) >= 11 is 3.64. The zero-order valence-corrected chi connectivity index (χ0v) is 31.1. The second-order valence-corrected chi connectivity index (χ2v) is 16.5. The molecule has 14 heteroatoms. The Morgan fingerprint density at radius 3 is 2.56 bits per heavy atom. The summed E-state index contributed by atoms with van der Waals surface area (Å²) in [5.74, 6) is -0.389. The number of aliphatic hydroxyl groups excluding tert-OH is 1. The number of hydrogen-bond donors (Lipinski definition) is 6. The summed E-state index contributed by atoms with van der Waals surface area (Å²) in [4.78, 5) is 44.3. The van der Waals surface area contributed by atoms with Crippen molar-refractivity contribution in [1.82, 2.24) is 20.5 Å². The molecule has 3 heterocycles. The molecular weight excluding hydrogens is 721 g/mol. The van der Waals surface area contributed by atoms with Gasteiger partial charge in [0, 0.05) is 42.7 Å². The number of benzene rings is 2. The summed E-state index contributed by atoms with van der Waals surface area (Å²) in [5, 5.41) is 42.5. The number of phenolic OH excluding ortho intramolecular Hbond substituents is 1. The molecular formula is C38H42N4O7S3. The highest BCUT2D eigenvalue weighted by Crippen LogP contribution is 2.49. The summed E-state index contributed by atoms with van der Waals surface area (Å²) in [6.07, 6.45) is 2.38. The van der Waals surface area contributed by atoms with Crippen LogP contribution >= 0.6 is 34.0 Å². The molecule has 5 aromatic rings. The number of ether oxygens (including phenoxy) is 1. The average Bonchev–Trinajstić information content (AvgIpc) is 4.00. The molecule has 7 rings (SSSR count). The normalized spacial score (nSPS) is 20.5. The predicted molar refractivity (Wildman–Crippen MR) is 203 cm³/mol. The zero-order valence-electron chi connectivity index (χ0n) is 28.6. The van der Waals surface area contributed by atoms with Crippen molar-refractivity contribution in [3.8, 4) is 5.75 Å². The number of nitrogens with one attached hydrogen (secondary N) is 3. The van der Waals surface area contributed by atoms with Gasteiger partial charge in [-0.15, -0.1) is 22.7 Å². The molecule has 2 fully saturated rings. The van der Waals surface area contributed by atoms with Gasteiger partial charge >= 0.3 is 10.8 Å². The third-order valence-electron chi connectivity index (χ3n) is 10.5. The number of aliphatic hydroxyl groups is 2. The van der Waals surface area contributed by atoms with Crippen molar-refractivity contribution >= 4 is 56.1 Å². The molecule has 52 heavy (non-hydrogen) atoms. The van der Waals surface area contributed by atoms with Gasteiger partial charge in [0.05, 0.1) is 20.6 Å². The molecule has 2 saturated carbocycles. The van der Waals surface area contributed by atoms with Crippen molar-refractivity contribution in [3.63, 3.8) is 0 Å². The quantitative estimate of drug-likeness (QED) is 0.0662. The molecule has 2 bridgehead atoms. The number of likely N-dealkylation sites (N-methyl/N-ethyl adjacent to an activating group) is 1. The van der Waals surface area contributed by atoms with Gasteiger partial charge < -0.3 is 40.6 Å². The highest BCUT2D eigenvalue weighted by atomic mass is 32.1. The number of thiazole rings is 1. The monoisotopic (exact) mass is 762 g/mol. The Labute approximate surface area is 312 Å². The molecule has 6 N–H and O–H groups in total. The van der Waals surface area contributed by atoms with Gasteiger partial charge in [0.1, 0.15) is 17.4 Å². The minimum atomic E-state index is -1.82. The minimum Gasteiger partial charge on any atom is -0.506 e.